The van der Waals surface area contributed by atoms with Crippen molar-refractivity contribution in [2.45, 2.75) is 32.1 Å². The predicted molar refractivity (Wildman–Crippen MR) is 97.8 cm³/mol. The highest BCUT2D eigenvalue weighted by Gasteiger charge is 2.15. The van der Waals surface area contributed by atoms with E-state index < -0.39 is 0 Å². The van der Waals surface area contributed by atoms with Gasteiger partial charge >= 0.3 is 0 Å². The standard InChI is InChI=1S/C17H20ClN3O2S/c1-17(2,3)12-6-4-11(5-7-12)15(23)19-9-14(22)21-16-20-13(8-18)10-24-16/h4-7,10H,8-9H2,1-3H3,(H,19,23)(H,20,21,22). The van der Waals surface area contributed by atoms with Gasteiger partial charge < -0.3 is 10.6 Å². The zero-order valence-electron chi connectivity index (χ0n) is 13.9. The molecule has 24 heavy (non-hydrogen) atoms. The molecule has 128 valence electrons. The van der Waals surface area contributed by atoms with Crippen molar-refractivity contribution in [3.63, 3.8) is 0 Å². The predicted octanol–water partition coefficient (Wildman–Crippen LogP) is 3.55. The Hall–Kier alpha value is -1.92. The number of amides is 2. The van der Waals surface area contributed by atoms with E-state index in [-0.39, 0.29) is 23.8 Å². The van der Waals surface area contributed by atoms with Gasteiger partial charge in [-0.3, -0.25) is 9.59 Å². The number of benzene rings is 1. The highest BCUT2D eigenvalue weighted by molar-refractivity contribution is 7.14. The first-order valence-corrected chi connectivity index (χ1v) is 8.90. The molecule has 2 rings (SSSR count). The van der Waals surface area contributed by atoms with E-state index in [0.29, 0.717) is 22.3 Å². The summed E-state index contributed by atoms with van der Waals surface area (Å²) in [5.41, 5.74) is 2.41. The summed E-state index contributed by atoms with van der Waals surface area (Å²) in [6.45, 7) is 6.22. The maximum Gasteiger partial charge on any atom is 0.251 e. The number of hydrogen-bond acceptors (Lipinski definition) is 4. The second-order valence-electron chi connectivity index (χ2n) is 6.34. The van der Waals surface area contributed by atoms with Crippen LogP contribution < -0.4 is 10.6 Å². The van der Waals surface area contributed by atoms with Gasteiger partial charge in [-0.05, 0) is 23.1 Å². The first-order chi connectivity index (χ1) is 11.3. The molecule has 0 aliphatic heterocycles. The van der Waals surface area contributed by atoms with Crippen LogP contribution in [0.5, 0.6) is 0 Å². The summed E-state index contributed by atoms with van der Waals surface area (Å²) in [5, 5.41) is 7.47. The Morgan fingerprint density at radius 2 is 1.88 bits per heavy atom. The van der Waals surface area contributed by atoms with E-state index in [4.69, 9.17) is 11.6 Å². The summed E-state index contributed by atoms with van der Waals surface area (Å²) in [7, 11) is 0. The van der Waals surface area contributed by atoms with Gasteiger partial charge in [0.25, 0.3) is 5.91 Å². The Balaban J connectivity index is 1.87. The quantitative estimate of drug-likeness (QED) is 0.796. The molecular formula is C17H20ClN3O2S. The molecule has 7 heteroatoms. The third kappa shape index (κ3) is 5.04. The van der Waals surface area contributed by atoms with Crippen LogP contribution in [-0.2, 0) is 16.1 Å². The monoisotopic (exact) mass is 365 g/mol. The van der Waals surface area contributed by atoms with Gasteiger partial charge in [-0.15, -0.1) is 22.9 Å². The molecule has 5 nitrogen and oxygen atoms in total. The second kappa shape index (κ2) is 7.77. The van der Waals surface area contributed by atoms with E-state index in [9.17, 15) is 9.59 Å². The number of anilines is 1. The Kier molecular flexibility index (Phi) is 5.96. The summed E-state index contributed by atoms with van der Waals surface area (Å²) in [6, 6.07) is 7.39. The van der Waals surface area contributed by atoms with Crippen LogP contribution in [0.3, 0.4) is 0 Å². The third-order valence-corrected chi connectivity index (χ3v) is 4.44. The topological polar surface area (TPSA) is 71.1 Å². The molecule has 2 N–H and O–H groups in total. The molecule has 0 aliphatic rings. The van der Waals surface area contributed by atoms with Crippen molar-refractivity contribution in [1.29, 1.82) is 0 Å². The molecule has 2 aromatic rings. The molecular weight excluding hydrogens is 346 g/mol. The van der Waals surface area contributed by atoms with Gasteiger partial charge in [0.2, 0.25) is 5.91 Å². The summed E-state index contributed by atoms with van der Waals surface area (Å²) < 4.78 is 0. The highest BCUT2D eigenvalue weighted by Crippen LogP contribution is 2.22. The van der Waals surface area contributed by atoms with Crippen LogP contribution in [0.1, 0.15) is 42.4 Å². The molecule has 0 saturated carbocycles. The third-order valence-electron chi connectivity index (χ3n) is 3.36. The van der Waals surface area contributed by atoms with Gasteiger partial charge in [0.15, 0.2) is 5.13 Å². The van der Waals surface area contributed by atoms with Gasteiger partial charge in [-0.25, -0.2) is 4.98 Å². The first-order valence-electron chi connectivity index (χ1n) is 7.48. The minimum Gasteiger partial charge on any atom is -0.343 e. The smallest absolute Gasteiger partial charge is 0.251 e. The molecule has 0 atom stereocenters. The Morgan fingerprint density at radius 3 is 2.42 bits per heavy atom. The lowest BCUT2D eigenvalue weighted by Crippen LogP contribution is -2.32. The maximum absolute atomic E-state index is 12.1. The fourth-order valence-corrected chi connectivity index (χ4v) is 2.93. The van der Waals surface area contributed by atoms with E-state index in [1.807, 2.05) is 12.1 Å². The van der Waals surface area contributed by atoms with E-state index in [0.717, 1.165) is 5.56 Å². The van der Waals surface area contributed by atoms with Crippen molar-refractivity contribution >= 4 is 39.9 Å². The molecule has 1 aromatic heterocycles. The summed E-state index contributed by atoms with van der Waals surface area (Å²) in [6.07, 6.45) is 0. The average molecular weight is 366 g/mol. The van der Waals surface area contributed by atoms with Gasteiger partial charge in [-0.2, -0.15) is 0 Å². The molecule has 0 radical (unpaired) electrons. The molecule has 0 bridgehead atoms. The van der Waals surface area contributed by atoms with Crippen molar-refractivity contribution in [2.24, 2.45) is 0 Å². The van der Waals surface area contributed by atoms with Crippen LogP contribution >= 0.6 is 22.9 Å². The van der Waals surface area contributed by atoms with Crippen molar-refractivity contribution in [3.8, 4) is 0 Å². The minimum absolute atomic E-state index is 0.0322. The van der Waals surface area contributed by atoms with Crippen molar-refractivity contribution in [3.05, 3.63) is 46.5 Å². The number of nitrogens with zero attached hydrogens (tertiary/aromatic N) is 1. The number of carbonyl (C=O) groups is 2. The number of nitrogens with one attached hydrogen (secondary N) is 2. The largest absolute Gasteiger partial charge is 0.343 e. The van der Waals surface area contributed by atoms with Gasteiger partial charge in [-0.1, -0.05) is 32.9 Å². The van der Waals surface area contributed by atoms with Crippen LogP contribution in [0.25, 0.3) is 0 Å². The molecule has 0 spiro atoms. The van der Waals surface area contributed by atoms with Crippen LogP contribution in [0.15, 0.2) is 29.6 Å². The van der Waals surface area contributed by atoms with E-state index in [1.54, 1.807) is 17.5 Å². The Morgan fingerprint density at radius 1 is 1.21 bits per heavy atom. The number of rotatable bonds is 5. The molecule has 0 unspecified atom stereocenters. The lowest BCUT2D eigenvalue weighted by molar-refractivity contribution is -0.115. The van der Waals surface area contributed by atoms with E-state index >= 15 is 0 Å². The fraction of sp³-hybridized carbons (Fsp3) is 0.353. The van der Waals surface area contributed by atoms with E-state index in [1.165, 1.54) is 11.3 Å². The summed E-state index contributed by atoms with van der Waals surface area (Å²) in [4.78, 5) is 28.1. The normalized spacial score (nSPS) is 11.2. The van der Waals surface area contributed by atoms with Crippen LogP contribution in [0.2, 0.25) is 0 Å². The maximum atomic E-state index is 12.1. The van der Waals surface area contributed by atoms with Crippen molar-refractivity contribution in [1.82, 2.24) is 10.3 Å². The van der Waals surface area contributed by atoms with Gasteiger partial charge in [0, 0.05) is 10.9 Å². The van der Waals surface area contributed by atoms with Crippen LogP contribution in [-0.4, -0.2) is 23.3 Å². The number of hydrogen-bond donors (Lipinski definition) is 2. The highest BCUT2D eigenvalue weighted by atomic mass is 35.5. The fourth-order valence-electron chi connectivity index (χ4n) is 1.97. The van der Waals surface area contributed by atoms with Gasteiger partial charge in [0.05, 0.1) is 18.1 Å². The van der Waals surface area contributed by atoms with Crippen molar-refractivity contribution in [2.75, 3.05) is 11.9 Å². The molecule has 2 amide bonds. The second-order valence-corrected chi connectivity index (χ2v) is 7.46. The Bertz CT molecular complexity index is 720. The van der Waals surface area contributed by atoms with Crippen LogP contribution in [0.4, 0.5) is 5.13 Å². The zero-order chi connectivity index (χ0) is 17.7. The molecule has 1 heterocycles. The lowest BCUT2D eigenvalue weighted by Gasteiger charge is -2.19. The van der Waals surface area contributed by atoms with E-state index in [2.05, 4.69) is 36.4 Å². The van der Waals surface area contributed by atoms with Crippen LogP contribution in [0, 0.1) is 0 Å². The first kappa shape index (κ1) is 18.4. The number of thiazole rings is 1. The number of carbonyl (C=O) groups excluding carboxylic acids is 2. The molecule has 1 aromatic carbocycles. The average Bonchev–Trinajstić information content (AvgIpc) is 2.99. The minimum atomic E-state index is -0.329. The number of halogens is 1. The number of alkyl halides is 1. The van der Waals surface area contributed by atoms with Crippen molar-refractivity contribution < 1.29 is 9.59 Å². The molecule has 0 fully saturated rings. The van der Waals surface area contributed by atoms with Gasteiger partial charge in [0.1, 0.15) is 0 Å². The SMILES string of the molecule is CC(C)(C)c1ccc(C(=O)NCC(=O)Nc2nc(CCl)cs2)cc1. The molecule has 0 aliphatic carbocycles. The number of aromatic nitrogens is 1. The summed E-state index contributed by atoms with van der Waals surface area (Å²) in [5.74, 6) is -0.315. The lowest BCUT2D eigenvalue weighted by atomic mass is 9.87. The summed E-state index contributed by atoms with van der Waals surface area (Å²) >= 11 is 6.96. The zero-order valence-corrected chi connectivity index (χ0v) is 15.4. The Labute approximate surface area is 150 Å². The molecule has 0 saturated heterocycles.